The van der Waals surface area contributed by atoms with Gasteiger partial charge in [0.25, 0.3) is 5.91 Å². The van der Waals surface area contributed by atoms with Crippen LogP contribution in [0.25, 0.3) is 0 Å². The van der Waals surface area contributed by atoms with Gasteiger partial charge in [-0.3, -0.25) is 4.79 Å². The number of methoxy groups -OCH3 is 1. The van der Waals surface area contributed by atoms with Crippen LogP contribution in [0.15, 0.2) is 48.7 Å². The fraction of sp³-hybridized carbons (Fsp3) is 0.312. The Kier molecular flexibility index (Phi) is 5.54. The lowest BCUT2D eigenvalue weighted by atomic mass is 10.2. The summed E-state index contributed by atoms with van der Waals surface area (Å²) in [5.74, 6) is -0.203. The maximum Gasteiger partial charge on any atom is 0.268 e. The zero-order chi connectivity index (χ0) is 15.1. The zero-order valence-corrected chi connectivity index (χ0v) is 12.0. The summed E-state index contributed by atoms with van der Waals surface area (Å²) in [6, 6.07) is 13.5. The number of nitrogens with zero attached hydrogens (tertiary/aromatic N) is 1. The smallest absolute Gasteiger partial charge is 0.268 e. The Morgan fingerprint density at radius 3 is 2.76 bits per heavy atom. The summed E-state index contributed by atoms with van der Waals surface area (Å²) in [5.41, 5.74) is 1.70. The molecule has 1 heterocycles. The van der Waals surface area contributed by atoms with Gasteiger partial charge in [0.1, 0.15) is 5.69 Å². The molecular weight excluding hydrogens is 268 g/mol. The number of hydrogen-bond acceptors (Lipinski definition) is 3. The van der Waals surface area contributed by atoms with E-state index in [9.17, 15) is 9.90 Å². The van der Waals surface area contributed by atoms with Gasteiger partial charge in [0.2, 0.25) is 0 Å². The van der Waals surface area contributed by atoms with Gasteiger partial charge in [-0.25, -0.2) is 0 Å². The highest BCUT2D eigenvalue weighted by Crippen LogP contribution is 2.08. The minimum atomic E-state index is -0.698. The number of carbonyl (C=O) groups is 1. The molecule has 0 fully saturated rings. The van der Waals surface area contributed by atoms with Crippen LogP contribution in [0.1, 0.15) is 16.1 Å². The SMILES string of the molecule is COCC(O)CNC(=O)c1cccn1Cc1ccccc1. The molecule has 2 aromatic rings. The topological polar surface area (TPSA) is 63.5 Å². The van der Waals surface area contributed by atoms with Crippen molar-refractivity contribution >= 4 is 5.91 Å². The molecule has 0 saturated carbocycles. The molecular formula is C16H20N2O3. The van der Waals surface area contributed by atoms with E-state index in [1.165, 1.54) is 7.11 Å². The molecule has 0 spiro atoms. The van der Waals surface area contributed by atoms with Gasteiger partial charge in [-0.15, -0.1) is 0 Å². The number of hydrogen-bond donors (Lipinski definition) is 2. The lowest BCUT2D eigenvalue weighted by Crippen LogP contribution is -2.35. The van der Waals surface area contributed by atoms with Crippen LogP contribution in [0, 0.1) is 0 Å². The third-order valence-electron chi connectivity index (χ3n) is 3.12. The lowest BCUT2D eigenvalue weighted by molar-refractivity contribution is 0.0607. The molecule has 0 aliphatic carbocycles. The first-order valence-corrected chi connectivity index (χ1v) is 6.85. The number of aliphatic hydroxyl groups excluding tert-OH is 1. The van der Waals surface area contributed by atoms with Gasteiger partial charge >= 0.3 is 0 Å². The number of benzene rings is 1. The molecule has 2 N–H and O–H groups in total. The van der Waals surface area contributed by atoms with Crippen molar-refractivity contribution in [3.05, 3.63) is 59.9 Å². The predicted molar refractivity (Wildman–Crippen MR) is 80.2 cm³/mol. The highest BCUT2D eigenvalue weighted by Gasteiger charge is 2.12. The van der Waals surface area contributed by atoms with Gasteiger partial charge < -0.3 is 19.7 Å². The monoisotopic (exact) mass is 288 g/mol. The molecule has 0 saturated heterocycles. The van der Waals surface area contributed by atoms with Crippen molar-refractivity contribution in [1.29, 1.82) is 0 Å². The molecule has 1 aromatic heterocycles. The molecule has 0 radical (unpaired) electrons. The number of amides is 1. The second-order valence-corrected chi connectivity index (χ2v) is 4.83. The summed E-state index contributed by atoms with van der Waals surface area (Å²) < 4.78 is 6.71. The minimum Gasteiger partial charge on any atom is -0.389 e. The van der Waals surface area contributed by atoms with Gasteiger partial charge in [0, 0.05) is 26.4 Å². The van der Waals surface area contributed by atoms with E-state index in [1.807, 2.05) is 47.2 Å². The number of rotatable bonds is 7. The Bertz CT molecular complexity index is 566. The van der Waals surface area contributed by atoms with Crippen LogP contribution in [0.5, 0.6) is 0 Å². The van der Waals surface area contributed by atoms with Crippen LogP contribution in [0.3, 0.4) is 0 Å². The average Bonchev–Trinajstić information content (AvgIpc) is 2.94. The van der Waals surface area contributed by atoms with E-state index in [4.69, 9.17) is 4.74 Å². The zero-order valence-electron chi connectivity index (χ0n) is 12.0. The molecule has 1 unspecified atom stereocenters. The molecule has 1 aromatic carbocycles. The molecule has 0 aliphatic heterocycles. The second kappa shape index (κ2) is 7.61. The Labute approximate surface area is 124 Å². The molecule has 5 nitrogen and oxygen atoms in total. The van der Waals surface area contributed by atoms with Crippen molar-refractivity contribution in [3.63, 3.8) is 0 Å². The average molecular weight is 288 g/mol. The lowest BCUT2D eigenvalue weighted by Gasteiger charge is -2.12. The van der Waals surface area contributed by atoms with E-state index >= 15 is 0 Å². The summed E-state index contributed by atoms with van der Waals surface area (Å²) in [6.45, 7) is 1.01. The van der Waals surface area contributed by atoms with Gasteiger partial charge in [-0.1, -0.05) is 30.3 Å². The predicted octanol–water partition coefficient (Wildman–Crippen LogP) is 1.27. The number of carbonyl (C=O) groups excluding carboxylic acids is 1. The largest absolute Gasteiger partial charge is 0.389 e. The summed E-state index contributed by atoms with van der Waals surface area (Å²) >= 11 is 0. The van der Waals surface area contributed by atoms with Gasteiger partial charge in [-0.2, -0.15) is 0 Å². The summed E-state index contributed by atoms with van der Waals surface area (Å²) in [6.07, 6.45) is 1.17. The van der Waals surface area contributed by atoms with Crippen molar-refractivity contribution in [2.24, 2.45) is 0 Å². The molecule has 0 bridgehead atoms. The number of ether oxygens (including phenoxy) is 1. The van der Waals surface area contributed by atoms with E-state index in [2.05, 4.69) is 5.32 Å². The Hall–Kier alpha value is -2.11. The molecule has 0 aliphatic rings. The van der Waals surface area contributed by atoms with Crippen molar-refractivity contribution < 1.29 is 14.6 Å². The quantitative estimate of drug-likeness (QED) is 0.806. The Morgan fingerprint density at radius 2 is 2.05 bits per heavy atom. The van der Waals surface area contributed by atoms with Crippen molar-refractivity contribution in [1.82, 2.24) is 9.88 Å². The first-order valence-electron chi connectivity index (χ1n) is 6.85. The van der Waals surface area contributed by atoms with E-state index in [0.29, 0.717) is 12.2 Å². The normalized spacial score (nSPS) is 12.1. The minimum absolute atomic E-state index is 0.170. The summed E-state index contributed by atoms with van der Waals surface area (Å²) in [5, 5.41) is 12.3. The van der Waals surface area contributed by atoms with Gasteiger partial charge in [0.15, 0.2) is 0 Å². The van der Waals surface area contributed by atoms with Crippen LogP contribution in [0.4, 0.5) is 0 Å². The third kappa shape index (κ3) is 4.44. The first kappa shape index (κ1) is 15.3. The van der Waals surface area contributed by atoms with Crippen LogP contribution in [-0.4, -0.2) is 41.9 Å². The van der Waals surface area contributed by atoms with E-state index < -0.39 is 6.10 Å². The van der Waals surface area contributed by atoms with Crippen LogP contribution in [-0.2, 0) is 11.3 Å². The van der Waals surface area contributed by atoms with E-state index in [0.717, 1.165) is 5.56 Å². The molecule has 1 atom stereocenters. The maximum absolute atomic E-state index is 12.1. The standard InChI is InChI=1S/C16H20N2O3/c1-21-12-14(19)10-17-16(20)15-8-5-9-18(15)11-13-6-3-2-4-7-13/h2-9,14,19H,10-12H2,1H3,(H,17,20). The fourth-order valence-corrected chi connectivity index (χ4v) is 2.09. The molecule has 1 amide bonds. The highest BCUT2D eigenvalue weighted by atomic mass is 16.5. The van der Waals surface area contributed by atoms with Crippen LogP contribution >= 0.6 is 0 Å². The third-order valence-corrected chi connectivity index (χ3v) is 3.12. The highest BCUT2D eigenvalue weighted by molar-refractivity contribution is 5.92. The van der Waals surface area contributed by atoms with Crippen molar-refractivity contribution in [2.45, 2.75) is 12.6 Å². The van der Waals surface area contributed by atoms with Crippen LogP contribution in [0.2, 0.25) is 0 Å². The van der Waals surface area contributed by atoms with Gasteiger partial charge in [-0.05, 0) is 17.7 Å². The second-order valence-electron chi connectivity index (χ2n) is 4.83. The van der Waals surface area contributed by atoms with Crippen LogP contribution < -0.4 is 5.32 Å². The van der Waals surface area contributed by atoms with Crippen molar-refractivity contribution in [2.75, 3.05) is 20.3 Å². The summed E-state index contributed by atoms with van der Waals surface area (Å²) in [4.78, 5) is 12.1. The van der Waals surface area contributed by atoms with Gasteiger partial charge in [0.05, 0.1) is 12.7 Å². The number of aromatic nitrogens is 1. The Balaban J connectivity index is 1.98. The maximum atomic E-state index is 12.1. The van der Waals surface area contributed by atoms with Crippen molar-refractivity contribution in [3.8, 4) is 0 Å². The van der Waals surface area contributed by atoms with E-state index in [-0.39, 0.29) is 19.1 Å². The fourth-order valence-electron chi connectivity index (χ4n) is 2.09. The number of aliphatic hydroxyl groups is 1. The number of nitrogens with one attached hydrogen (secondary N) is 1. The van der Waals surface area contributed by atoms with E-state index in [1.54, 1.807) is 6.07 Å². The first-order chi connectivity index (χ1) is 10.2. The molecule has 21 heavy (non-hydrogen) atoms. The molecule has 112 valence electrons. The Morgan fingerprint density at radius 1 is 1.29 bits per heavy atom. The molecule has 2 rings (SSSR count). The summed E-state index contributed by atoms with van der Waals surface area (Å²) in [7, 11) is 1.51. The molecule has 5 heteroatoms.